The zero-order valence-electron chi connectivity index (χ0n) is 11.3. The first-order valence-electron chi connectivity index (χ1n) is 6.34. The van der Waals surface area contributed by atoms with Crippen molar-refractivity contribution in [2.45, 2.75) is 58.6 Å². The van der Waals surface area contributed by atoms with Gasteiger partial charge in [-0.1, -0.05) is 19.1 Å². The summed E-state index contributed by atoms with van der Waals surface area (Å²) in [5, 5.41) is 0. The average molecular weight is 228 g/mol. The van der Waals surface area contributed by atoms with Crippen LogP contribution in [-0.2, 0) is 4.84 Å². The zero-order valence-corrected chi connectivity index (χ0v) is 11.3. The van der Waals surface area contributed by atoms with Gasteiger partial charge in [-0.15, -0.1) is 0 Å². The first-order chi connectivity index (χ1) is 7.65. The van der Waals surface area contributed by atoms with E-state index in [0.717, 1.165) is 13.0 Å². The van der Waals surface area contributed by atoms with Crippen molar-refractivity contribution in [3.63, 3.8) is 0 Å². The number of likely N-dealkylation sites (N-methyl/N-ethyl adjacent to an activating group) is 1. The second-order valence-electron chi connectivity index (χ2n) is 4.42. The van der Waals surface area contributed by atoms with Crippen LogP contribution in [-0.4, -0.2) is 30.6 Å². The lowest BCUT2D eigenvalue weighted by Crippen LogP contribution is -2.30. The molecular weight excluding hydrogens is 200 g/mol. The Hall–Kier alpha value is -0.380. The number of hydrogen-bond acceptors (Lipinski definition) is 3. The lowest BCUT2D eigenvalue weighted by atomic mass is 10.1. The third kappa shape index (κ3) is 6.99. The second kappa shape index (κ2) is 9.82. The Kier molecular flexibility index (Phi) is 9.59. The molecule has 3 nitrogen and oxygen atoms in total. The molecule has 0 saturated carbocycles. The van der Waals surface area contributed by atoms with Gasteiger partial charge in [0.25, 0.3) is 0 Å². The van der Waals surface area contributed by atoms with Gasteiger partial charge in [0.15, 0.2) is 0 Å². The number of hydrogen-bond donors (Lipinski definition) is 1. The molecule has 2 N–H and O–H groups in total. The molecular formula is C13H28N2O. The molecule has 0 saturated heterocycles. The van der Waals surface area contributed by atoms with E-state index in [1.165, 1.54) is 19.3 Å². The van der Waals surface area contributed by atoms with Gasteiger partial charge in [0.05, 0.1) is 6.10 Å². The molecule has 2 unspecified atom stereocenters. The number of allylic oxidation sites excluding steroid dienone is 1. The van der Waals surface area contributed by atoms with Gasteiger partial charge in [0.2, 0.25) is 0 Å². The molecule has 0 heterocycles. The van der Waals surface area contributed by atoms with Gasteiger partial charge in [-0.2, -0.15) is 0 Å². The van der Waals surface area contributed by atoms with E-state index in [2.05, 4.69) is 37.9 Å². The minimum Gasteiger partial charge on any atom is -0.302 e. The lowest BCUT2D eigenvalue weighted by Gasteiger charge is -2.24. The molecule has 0 bridgehead atoms. The summed E-state index contributed by atoms with van der Waals surface area (Å²) >= 11 is 0. The van der Waals surface area contributed by atoms with Crippen molar-refractivity contribution in [2.75, 3.05) is 13.6 Å². The predicted octanol–water partition coefficient (Wildman–Crippen LogP) is 2.72. The van der Waals surface area contributed by atoms with E-state index in [9.17, 15) is 0 Å². The maximum atomic E-state index is 5.10. The fourth-order valence-electron chi connectivity index (χ4n) is 1.84. The zero-order chi connectivity index (χ0) is 12.4. The number of nitrogens with two attached hydrogens (primary N) is 1. The highest BCUT2D eigenvalue weighted by molar-refractivity contribution is 4.90. The van der Waals surface area contributed by atoms with Gasteiger partial charge in [-0.05, 0) is 53.1 Å². The molecule has 16 heavy (non-hydrogen) atoms. The normalized spacial score (nSPS) is 15.9. The molecule has 0 rings (SSSR count). The van der Waals surface area contributed by atoms with Gasteiger partial charge < -0.3 is 4.84 Å². The SMILES string of the molecule is C/C=C\C(CC)N(C)CCCCC(C)ON. The summed E-state index contributed by atoms with van der Waals surface area (Å²) in [7, 11) is 2.19. The third-order valence-corrected chi connectivity index (χ3v) is 3.00. The van der Waals surface area contributed by atoms with Gasteiger partial charge in [0.1, 0.15) is 0 Å². The summed E-state index contributed by atoms with van der Waals surface area (Å²) in [6.07, 6.45) is 9.18. The summed E-state index contributed by atoms with van der Waals surface area (Å²) < 4.78 is 0. The first kappa shape index (κ1) is 15.6. The maximum Gasteiger partial charge on any atom is 0.0759 e. The molecule has 0 radical (unpaired) electrons. The molecule has 3 heteroatoms. The van der Waals surface area contributed by atoms with Crippen LogP contribution in [0.2, 0.25) is 0 Å². The summed E-state index contributed by atoms with van der Waals surface area (Å²) in [4.78, 5) is 7.15. The van der Waals surface area contributed by atoms with Crippen molar-refractivity contribution >= 4 is 0 Å². The predicted molar refractivity (Wildman–Crippen MR) is 70.1 cm³/mol. The monoisotopic (exact) mass is 228 g/mol. The summed E-state index contributed by atoms with van der Waals surface area (Å²) in [5.41, 5.74) is 0. The first-order valence-corrected chi connectivity index (χ1v) is 6.34. The quantitative estimate of drug-likeness (QED) is 0.374. The van der Waals surface area contributed by atoms with Crippen LogP contribution in [0, 0.1) is 0 Å². The largest absolute Gasteiger partial charge is 0.302 e. The fraction of sp³-hybridized carbons (Fsp3) is 0.846. The Labute approximate surface area is 101 Å². The highest BCUT2D eigenvalue weighted by Gasteiger charge is 2.08. The van der Waals surface area contributed by atoms with E-state index >= 15 is 0 Å². The topological polar surface area (TPSA) is 38.5 Å². The number of rotatable bonds is 9. The average Bonchev–Trinajstić information content (AvgIpc) is 2.30. The molecule has 96 valence electrons. The van der Waals surface area contributed by atoms with Crippen molar-refractivity contribution in [1.82, 2.24) is 4.90 Å². The second-order valence-corrected chi connectivity index (χ2v) is 4.42. The molecule has 0 aromatic carbocycles. The smallest absolute Gasteiger partial charge is 0.0759 e. The minimum absolute atomic E-state index is 0.183. The summed E-state index contributed by atoms with van der Waals surface area (Å²) in [5.74, 6) is 5.10. The summed E-state index contributed by atoms with van der Waals surface area (Å²) in [6, 6.07) is 0.577. The highest BCUT2D eigenvalue weighted by Crippen LogP contribution is 2.08. The van der Waals surface area contributed by atoms with Gasteiger partial charge >= 0.3 is 0 Å². The van der Waals surface area contributed by atoms with Crippen LogP contribution in [0.3, 0.4) is 0 Å². The third-order valence-electron chi connectivity index (χ3n) is 3.00. The van der Waals surface area contributed by atoms with Gasteiger partial charge in [0, 0.05) is 6.04 Å². The van der Waals surface area contributed by atoms with Crippen molar-refractivity contribution < 1.29 is 4.84 Å². The number of nitrogens with zero attached hydrogens (tertiary/aromatic N) is 1. The van der Waals surface area contributed by atoms with E-state index in [0.29, 0.717) is 6.04 Å². The molecule has 2 atom stereocenters. The van der Waals surface area contributed by atoms with Crippen molar-refractivity contribution in [2.24, 2.45) is 5.90 Å². The molecule has 0 aliphatic heterocycles. The molecule has 0 amide bonds. The van der Waals surface area contributed by atoms with Crippen molar-refractivity contribution in [3.05, 3.63) is 12.2 Å². The van der Waals surface area contributed by atoms with Crippen LogP contribution in [0.5, 0.6) is 0 Å². The van der Waals surface area contributed by atoms with Crippen LogP contribution in [0.4, 0.5) is 0 Å². The standard InChI is InChI=1S/C13H28N2O/c1-5-9-13(6-2)15(4)11-8-7-10-12(3)16-14/h5,9,12-13H,6-8,10-11,14H2,1-4H3/b9-5-. The molecule has 0 aromatic rings. The Balaban J connectivity index is 3.66. The van der Waals surface area contributed by atoms with Crippen LogP contribution in [0.15, 0.2) is 12.2 Å². The minimum atomic E-state index is 0.183. The van der Waals surface area contributed by atoms with Crippen molar-refractivity contribution in [1.29, 1.82) is 0 Å². The number of unbranched alkanes of at least 4 members (excludes halogenated alkanes) is 1. The molecule has 0 aliphatic rings. The maximum absolute atomic E-state index is 5.10. The van der Waals surface area contributed by atoms with Crippen LogP contribution < -0.4 is 5.90 Å². The molecule has 0 spiro atoms. The van der Waals surface area contributed by atoms with Crippen LogP contribution in [0.25, 0.3) is 0 Å². The van der Waals surface area contributed by atoms with E-state index in [4.69, 9.17) is 10.7 Å². The highest BCUT2D eigenvalue weighted by atomic mass is 16.6. The lowest BCUT2D eigenvalue weighted by molar-refractivity contribution is 0.0583. The Morgan fingerprint density at radius 1 is 1.38 bits per heavy atom. The van der Waals surface area contributed by atoms with Crippen molar-refractivity contribution in [3.8, 4) is 0 Å². The van der Waals surface area contributed by atoms with Gasteiger partial charge in [-0.3, -0.25) is 4.90 Å². The van der Waals surface area contributed by atoms with Gasteiger partial charge in [-0.25, -0.2) is 5.90 Å². The molecule has 0 aromatic heterocycles. The summed E-state index contributed by atoms with van der Waals surface area (Å²) in [6.45, 7) is 7.46. The Morgan fingerprint density at radius 2 is 2.06 bits per heavy atom. The Morgan fingerprint density at radius 3 is 2.56 bits per heavy atom. The molecule has 0 aliphatic carbocycles. The van der Waals surface area contributed by atoms with E-state index < -0.39 is 0 Å². The van der Waals surface area contributed by atoms with E-state index in [1.807, 2.05) is 6.92 Å². The Bertz CT molecular complexity index is 183. The van der Waals surface area contributed by atoms with Crippen LogP contribution in [0.1, 0.15) is 46.5 Å². The van der Waals surface area contributed by atoms with Crippen LogP contribution >= 0.6 is 0 Å². The van der Waals surface area contributed by atoms with E-state index in [1.54, 1.807) is 0 Å². The van der Waals surface area contributed by atoms with E-state index in [-0.39, 0.29) is 6.10 Å². The fourth-order valence-corrected chi connectivity index (χ4v) is 1.84. The molecule has 0 fully saturated rings.